The first-order valence-corrected chi connectivity index (χ1v) is 7.58. The molecule has 0 aliphatic rings. The van der Waals surface area contributed by atoms with Gasteiger partial charge in [-0.25, -0.2) is 4.39 Å². The van der Waals surface area contributed by atoms with Crippen molar-refractivity contribution in [3.8, 4) is 0 Å². The third-order valence-corrected chi connectivity index (χ3v) is 3.62. The zero-order chi connectivity index (χ0) is 16.1. The van der Waals surface area contributed by atoms with Crippen molar-refractivity contribution in [1.82, 2.24) is 14.7 Å². The lowest BCUT2D eigenvalue weighted by atomic mass is 10.1. The van der Waals surface area contributed by atoms with Crippen LogP contribution in [0.2, 0.25) is 0 Å². The molecule has 5 heteroatoms. The number of aryl methyl sites for hydroxylation is 1. The molecule has 0 saturated heterocycles. The first-order chi connectivity index (χ1) is 10.5. The summed E-state index contributed by atoms with van der Waals surface area (Å²) >= 11 is 0. The van der Waals surface area contributed by atoms with Crippen LogP contribution in [0, 0.1) is 11.7 Å². The smallest absolute Gasteiger partial charge is 0.123 e. The molecular weight excluding hydrogens is 281 g/mol. The summed E-state index contributed by atoms with van der Waals surface area (Å²) in [4.78, 5) is 2.20. The second-order valence-corrected chi connectivity index (χ2v) is 6.10. The summed E-state index contributed by atoms with van der Waals surface area (Å²) in [5.74, 6) is 0.207. The van der Waals surface area contributed by atoms with Crippen molar-refractivity contribution >= 4 is 0 Å². The Balaban J connectivity index is 2.05. The summed E-state index contributed by atoms with van der Waals surface area (Å²) in [6.07, 6.45) is 1.15. The number of aliphatic hydroxyl groups is 1. The number of aliphatic hydroxyl groups excluding tert-OH is 1. The quantitative estimate of drug-likeness (QED) is 0.855. The Labute approximate surface area is 131 Å². The minimum atomic E-state index is -0.632. The van der Waals surface area contributed by atoms with Crippen molar-refractivity contribution in [3.05, 3.63) is 53.6 Å². The minimum Gasteiger partial charge on any atom is -0.387 e. The highest BCUT2D eigenvalue weighted by atomic mass is 19.1. The first kappa shape index (κ1) is 16.6. The molecule has 1 atom stereocenters. The van der Waals surface area contributed by atoms with Gasteiger partial charge in [-0.05, 0) is 29.7 Å². The summed E-state index contributed by atoms with van der Waals surface area (Å²) < 4.78 is 14.8. The number of hydrogen-bond acceptors (Lipinski definition) is 3. The normalized spacial score (nSPS) is 13.0. The standard InChI is InChI=1S/C17H24FN3O/c1-13(2)10-21(11-16-8-9-19-20(16)3)12-17(22)14-4-6-15(18)7-5-14/h4-9,13,17,22H,10-12H2,1-3H3. The van der Waals surface area contributed by atoms with Gasteiger partial charge in [0.05, 0.1) is 11.8 Å². The number of halogens is 1. The molecule has 1 N–H and O–H groups in total. The molecule has 1 heterocycles. The summed E-state index contributed by atoms with van der Waals surface area (Å²) in [5.41, 5.74) is 1.84. The second kappa shape index (κ2) is 7.51. The number of benzene rings is 1. The average molecular weight is 305 g/mol. The molecule has 0 aliphatic carbocycles. The summed E-state index contributed by atoms with van der Waals surface area (Å²) in [6.45, 7) is 6.42. The van der Waals surface area contributed by atoms with E-state index in [1.54, 1.807) is 18.3 Å². The molecule has 1 aromatic carbocycles. The SMILES string of the molecule is CC(C)CN(Cc1ccnn1C)CC(O)c1ccc(F)cc1. The molecule has 4 nitrogen and oxygen atoms in total. The maximum Gasteiger partial charge on any atom is 0.123 e. The van der Waals surface area contributed by atoms with E-state index < -0.39 is 6.10 Å². The van der Waals surface area contributed by atoms with Gasteiger partial charge in [-0.3, -0.25) is 9.58 Å². The maximum absolute atomic E-state index is 13.0. The number of nitrogens with zero attached hydrogens (tertiary/aromatic N) is 3. The van der Waals surface area contributed by atoms with Crippen LogP contribution in [-0.4, -0.2) is 32.9 Å². The molecule has 0 fully saturated rings. The van der Waals surface area contributed by atoms with Gasteiger partial charge in [-0.1, -0.05) is 26.0 Å². The highest BCUT2D eigenvalue weighted by Crippen LogP contribution is 2.17. The molecule has 2 rings (SSSR count). The maximum atomic E-state index is 13.0. The molecule has 0 radical (unpaired) electrons. The van der Waals surface area contributed by atoms with Crippen LogP contribution < -0.4 is 0 Å². The molecule has 2 aromatic rings. The largest absolute Gasteiger partial charge is 0.387 e. The molecule has 0 amide bonds. The van der Waals surface area contributed by atoms with E-state index in [-0.39, 0.29) is 5.82 Å². The van der Waals surface area contributed by atoms with Gasteiger partial charge in [0.2, 0.25) is 0 Å². The van der Waals surface area contributed by atoms with Crippen LogP contribution in [0.15, 0.2) is 36.5 Å². The molecule has 120 valence electrons. The van der Waals surface area contributed by atoms with E-state index in [0.29, 0.717) is 12.5 Å². The number of aromatic nitrogens is 2. The summed E-state index contributed by atoms with van der Waals surface area (Å²) in [7, 11) is 1.92. The predicted molar refractivity (Wildman–Crippen MR) is 84.7 cm³/mol. The van der Waals surface area contributed by atoms with Crippen molar-refractivity contribution < 1.29 is 9.50 Å². The third kappa shape index (κ3) is 4.64. The van der Waals surface area contributed by atoms with Gasteiger partial charge in [0, 0.05) is 32.9 Å². The van der Waals surface area contributed by atoms with Crippen LogP contribution in [-0.2, 0) is 13.6 Å². The van der Waals surface area contributed by atoms with Gasteiger partial charge >= 0.3 is 0 Å². The lowest BCUT2D eigenvalue weighted by Gasteiger charge is -2.27. The molecule has 1 aromatic heterocycles. The van der Waals surface area contributed by atoms with Gasteiger partial charge in [0.15, 0.2) is 0 Å². The van der Waals surface area contributed by atoms with Gasteiger partial charge in [-0.2, -0.15) is 5.10 Å². The van der Waals surface area contributed by atoms with Crippen molar-refractivity contribution in [2.24, 2.45) is 13.0 Å². The molecular formula is C17H24FN3O. The van der Waals surface area contributed by atoms with Gasteiger partial charge in [-0.15, -0.1) is 0 Å². The number of rotatable bonds is 7. The van der Waals surface area contributed by atoms with Crippen LogP contribution >= 0.6 is 0 Å². The van der Waals surface area contributed by atoms with E-state index in [1.165, 1.54) is 12.1 Å². The van der Waals surface area contributed by atoms with Crippen LogP contribution in [0.5, 0.6) is 0 Å². The van der Waals surface area contributed by atoms with Crippen molar-refractivity contribution in [2.75, 3.05) is 13.1 Å². The van der Waals surface area contributed by atoms with Crippen LogP contribution in [0.3, 0.4) is 0 Å². The highest BCUT2D eigenvalue weighted by molar-refractivity contribution is 5.18. The summed E-state index contributed by atoms with van der Waals surface area (Å²) in [6, 6.07) is 8.02. The van der Waals surface area contributed by atoms with E-state index in [1.807, 2.05) is 17.8 Å². The van der Waals surface area contributed by atoms with Crippen molar-refractivity contribution in [1.29, 1.82) is 0 Å². The van der Waals surface area contributed by atoms with Crippen molar-refractivity contribution in [3.63, 3.8) is 0 Å². The highest BCUT2D eigenvalue weighted by Gasteiger charge is 2.16. The first-order valence-electron chi connectivity index (χ1n) is 7.58. The lowest BCUT2D eigenvalue weighted by molar-refractivity contribution is 0.100. The number of hydrogen-bond donors (Lipinski definition) is 1. The van der Waals surface area contributed by atoms with Crippen LogP contribution in [0.1, 0.15) is 31.2 Å². The van der Waals surface area contributed by atoms with Gasteiger partial charge in [0.25, 0.3) is 0 Å². The molecule has 0 aliphatic heterocycles. The molecule has 0 bridgehead atoms. The molecule has 22 heavy (non-hydrogen) atoms. The Bertz CT molecular complexity index is 580. The average Bonchev–Trinajstić information content (AvgIpc) is 2.84. The van der Waals surface area contributed by atoms with E-state index >= 15 is 0 Å². The van der Waals surface area contributed by atoms with E-state index in [9.17, 15) is 9.50 Å². The molecule has 1 unspecified atom stereocenters. The van der Waals surface area contributed by atoms with E-state index in [0.717, 1.165) is 24.3 Å². The summed E-state index contributed by atoms with van der Waals surface area (Å²) in [5, 5.41) is 14.6. The third-order valence-electron chi connectivity index (χ3n) is 3.62. The van der Waals surface area contributed by atoms with E-state index in [2.05, 4.69) is 23.8 Å². The Morgan fingerprint density at radius 1 is 1.18 bits per heavy atom. The van der Waals surface area contributed by atoms with Crippen LogP contribution in [0.25, 0.3) is 0 Å². The van der Waals surface area contributed by atoms with E-state index in [4.69, 9.17) is 0 Å². The zero-order valence-corrected chi connectivity index (χ0v) is 13.4. The molecule has 0 spiro atoms. The fraction of sp³-hybridized carbons (Fsp3) is 0.471. The van der Waals surface area contributed by atoms with Crippen LogP contribution in [0.4, 0.5) is 4.39 Å². The fourth-order valence-electron chi connectivity index (χ4n) is 2.54. The Hall–Kier alpha value is -1.72. The fourth-order valence-corrected chi connectivity index (χ4v) is 2.54. The molecule has 0 saturated carbocycles. The second-order valence-electron chi connectivity index (χ2n) is 6.10. The van der Waals surface area contributed by atoms with Gasteiger partial charge < -0.3 is 5.11 Å². The minimum absolute atomic E-state index is 0.287. The Kier molecular flexibility index (Phi) is 5.69. The Morgan fingerprint density at radius 2 is 1.86 bits per heavy atom. The predicted octanol–water partition coefficient (Wildman–Crippen LogP) is 2.75. The zero-order valence-electron chi connectivity index (χ0n) is 13.4. The monoisotopic (exact) mass is 305 g/mol. The van der Waals surface area contributed by atoms with Crippen molar-refractivity contribution in [2.45, 2.75) is 26.5 Å². The lowest BCUT2D eigenvalue weighted by Crippen LogP contribution is -2.32. The topological polar surface area (TPSA) is 41.3 Å². The Morgan fingerprint density at radius 3 is 2.41 bits per heavy atom. The van der Waals surface area contributed by atoms with Gasteiger partial charge in [0.1, 0.15) is 5.82 Å².